The number of carboxylic acid groups (broad SMARTS) is 1. The zero-order valence-electron chi connectivity index (χ0n) is 22.3. The molecular weight excluding hydrogens is 476 g/mol. The van der Waals surface area contributed by atoms with Crippen LogP contribution in [-0.2, 0) is 30.2 Å². The van der Waals surface area contributed by atoms with Crippen molar-refractivity contribution in [2.45, 2.75) is 58.7 Å². The summed E-state index contributed by atoms with van der Waals surface area (Å²) in [5.41, 5.74) is 1.84. The molecule has 8 nitrogen and oxygen atoms in total. The molecule has 0 aromatic heterocycles. The third kappa shape index (κ3) is 9.37. The Hall–Kier alpha value is -3.10. The second-order valence-electron chi connectivity index (χ2n) is 8.43. The van der Waals surface area contributed by atoms with E-state index in [0.29, 0.717) is 23.7 Å². The van der Waals surface area contributed by atoms with Crippen LogP contribution < -0.4 is 9.47 Å². The topological polar surface area (TPSA) is 101 Å². The average Bonchev–Trinajstić information content (AvgIpc) is 2.89. The highest BCUT2D eigenvalue weighted by Crippen LogP contribution is 2.37. The Morgan fingerprint density at radius 3 is 2.16 bits per heavy atom. The number of methoxy groups -OCH3 is 1. The number of hydrogen-bond acceptors (Lipinski definition) is 7. The van der Waals surface area contributed by atoms with E-state index < -0.39 is 30.1 Å². The molecule has 0 bridgehead atoms. The highest BCUT2D eigenvalue weighted by molar-refractivity contribution is 5.95. The van der Waals surface area contributed by atoms with Crippen molar-refractivity contribution in [3.8, 4) is 11.5 Å². The molecule has 2 aromatic carbocycles. The van der Waals surface area contributed by atoms with Gasteiger partial charge in [-0.3, -0.25) is 9.59 Å². The number of rotatable bonds is 18. The Balaban J connectivity index is 2.22. The van der Waals surface area contributed by atoms with Crippen LogP contribution in [0.25, 0.3) is 0 Å². The number of aliphatic carboxylic acids is 1. The predicted octanol–water partition coefficient (Wildman–Crippen LogP) is 5.23. The lowest BCUT2D eigenvalue weighted by Gasteiger charge is -2.30. The average molecular weight is 517 g/mol. The maximum atomic E-state index is 12.7. The highest BCUT2D eigenvalue weighted by atomic mass is 16.7. The fourth-order valence-electron chi connectivity index (χ4n) is 4.17. The van der Waals surface area contributed by atoms with Crippen LogP contribution in [0.5, 0.6) is 11.5 Å². The second kappa shape index (κ2) is 16.6. The lowest BCUT2D eigenvalue weighted by atomic mass is 9.84. The molecule has 0 heterocycles. The highest BCUT2D eigenvalue weighted by Gasteiger charge is 2.43. The molecule has 1 N–H and O–H groups in total. The van der Waals surface area contributed by atoms with Gasteiger partial charge in [0.1, 0.15) is 0 Å². The Morgan fingerprint density at radius 2 is 1.57 bits per heavy atom. The minimum atomic E-state index is -1.53. The summed E-state index contributed by atoms with van der Waals surface area (Å²) in [4.78, 5) is 25.0. The molecule has 0 saturated heterocycles. The standard InChI is InChI=1S/C29H40O8/c1-5-34-28(32)26(27(30)31)25(29(35-6-2)36-7-3)22-17-18-23(33-4)24(20-22)37-19-13-9-12-16-21-14-10-8-11-15-21/h8,10-11,14-15,17-18,20,25-26,29H,5-7,9,12-13,16,19H2,1-4H3,(H,30,31). The summed E-state index contributed by atoms with van der Waals surface area (Å²) in [5, 5.41) is 10.00. The molecule has 0 saturated carbocycles. The molecule has 2 atom stereocenters. The summed E-state index contributed by atoms with van der Waals surface area (Å²) in [6.07, 6.45) is 2.95. The molecule has 2 unspecified atom stereocenters. The number of carbonyl (C=O) groups excluding carboxylic acids is 1. The van der Waals surface area contributed by atoms with Gasteiger partial charge in [-0.2, -0.15) is 0 Å². The van der Waals surface area contributed by atoms with Crippen LogP contribution >= 0.6 is 0 Å². The van der Waals surface area contributed by atoms with Crippen LogP contribution in [0.1, 0.15) is 57.1 Å². The van der Waals surface area contributed by atoms with Crippen LogP contribution in [0.4, 0.5) is 0 Å². The monoisotopic (exact) mass is 516 g/mol. The summed E-state index contributed by atoms with van der Waals surface area (Å²) in [6.45, 7) is 6.28. The van der Waals surface area contributed by atoms with E-state index in [1.54, 1.807) is 46.1 Å². The smallest absolute Gasteiger partial charge is 0.321 e. The Labute approximate surface area is 219 Å². The number of carbonyl (C=O) groups is 2. The van der Waals surface area contributed by atoms with Crippen molar-refractivity contribution in [1.82, 2.24) is 0 Å². The number of carboxylic acids is 1. The number of benzene rings is 2. The zero-order valence-corrected chi connectivity index (χ0v) is 22.3. The normalized spacial score (nSPS) is 12.7. The molecule has 0 spiro atoms. The van der Waals surface area contributed by atoms with Crippen LogP contribution in [0.2, 0.25) is 0 Å². The van der Waals surface area contributed by atoms with Crippen molar-refractivity contribution in [2.24, 2.45) is 5.92 Å². The van der Waals surface area contributed by atoms with Crippen molar-refractivity contribution < 1.29 is 38.4 Å². The van der Waals surface area contributed by atoms with E-state index in [4.69, 9.17) is 23.7 Å². The first-order valence-electron chi connectivity index (χ1n) is 12.9. The first-order chi connectivity index (χ1) is 18.0. The first-order valence-corrected chi connectivity index (χ1v) is 12.9. The van der Waals surface area contributed by atoms with E-state index in [9.17, 15) is 14.7 Å². The molecule has 2 aromatic rings. The third-order valence-corrected chi connectivity index (χ3v) is 5.90. The van der Waals surface area contributed by atoms with E-state index >= 15 is 0 Å². The van der Waals surface area contributed by atoms with Crippen molar-refractivity contribution in [1.29, 1.82) is 0 Å². The number of esters is 1. The van der Waals surface area contributed by atoms with Crippen LogP contribution in [-0.4, -0.2) is 56.9 Å². The largest absolute Gasteiger partial charge is 0.493 e. The molecule has 37 heavy (non-hydrogen) atoms. The quantitative estimate of drug-likeness (QED) is 0.124. The molecule has 2 rings (SSSR count). The minimum Gasteiger partial charge on any atom is -0.493 e. The van der Waals surface area contributed by atoms with Crippen molar-refractivity contribution >= 4 is 11.9 Å². The molecule has 0 radical (unpaired) electrons. The van der Waals surface area contributed by atoms with Gasteiger partial charge in [0.15, 0.2) is 23.7 Å². The Kier molecular flexibility index (Phi) is 13.5. The molecule has 0 aliphatic heterocycles. The van der Waals surface area contributed by atoms with Crippen LogP contribution in [0.3, 0.4) is 0 Å². The van der Waals surface area contributed by atoms with Gasteiger partial charge < -0.3 is 28.8 Å². The number of ether oxygens (including phenoxy) is 5. The minimum absolute atomic E-state index is 0.0600. The molecule has 0 fully saturated rings. The van der Waals surface area contributed by atoms with Gasteiger partial charge in [0.2, 0.25) is 0 Å². The molecule has 0 aliphatic carbocycles. The van der Waals surface area contributed by atoms with Gasteiger partial charge in [0.05, 0.1) is 26.2 Å². The SMILES string of the molecule is CCOC(=O)C(C(=O)O)C(c1ccc(OC)c(OCCCCCc2ccccc2)c1)C(OCC)OCC. The second-order valence-corrected chi connectivity index (χ2v) is 8.43. The van der Waals surface area contributed by atoms with E-state index in [2.05, 4.69) is 12.1 Å². The van der Waals surface area contributed by atoms with Crippen molar-refractivity contribution in [2.75, 3.05) is 33.5 Å². The maximum Gasteiger partial charge on any atom is 0.321 e. The number of hydrogen-bond donors (Lipinski definition) is 1. The van der Waals surface area contributed by atoms with E-state index in [1.807, 2.05) is 18.2 Å². The molecular formula is C29H40O8. The molecule has 0 amide bonds. The van der Waals surface area contributed by atoms with Gasteiger partial charge in [-0.25, -0.2) is 0 Å². The van der Waals surface area contributed by atoms with Gasteiger partial charge >= 0.3 is 11.9 Å². The Bertz CT molecular complexity index is 940. The third-order valence-electron chi connectivity index (χ3n) is 5.90. The summed E-state index contributed by atoms with van der Waals surface area (Å²) in [7, 11) is 1.54. The summed E-state index contributed by atoms with van der Waals surface area (Å²) >= 11 is 0. The van der Waals surface area contributed by atoms with Gasteiger partial charge in [0.25, 0.3) is 0 Å². The summed E-state index contributed by atoms with van der Waals surface area (Å²) in [6, 6.07) is 15.5. The molecule has 0 aliphatic rings. The summed E-state index contributed by atoms with van der Waals surface area (Å²) in [5.74, 6) is -3.67. The fraction of sp³-hybridized carbons (Fsp3) is 0.517. The molecule has 8 heteroatoms. The zero-order chi connectivity index (χ0) is 27.0. The van der Waals surface area contributed by atoms with Crippen molar-refractivity contribution in [3.05, 3.63) is 59.7 Å². The van der Waals surface area contributed by atoms with Gasteiger partial charge in [-0.1, -0.05) is 36.4 Å². The van der Waals surface area contributed by atoms with E-state index in [1.165, 1.54) is 5.56 Å². The van der Waals surface area contributed by atoms with Gasteiger partial charge in [0, 0.05) is 13.2 Å². The van der Waals surface area contributed by atoms with E-state index in [-0.39, 0.29) is 19.8 Å². The van der Waals surface area contributed by atoms with Crippen LogP contribution in [0, 0.1) is 5.92 Å². The molecule has 204 valence electrons. The van der Waals surface area contributed by atoms with E-state index in [0.717, 1.165) is 25.7 Å². The lowest BCUT2D eigenvalue weighted by Crippen LogP contribution is -2.40. The van der Waals surface area contributed by atoms with Gasteiger partial charge in [-0.05, 0) is 69.7 Å². The Morgan fingerprint density at radius 1 is 0.865 bits per heavy atom. The summed E-state index contributed by atoms with van der Waals surface area (Å²) < 4.78 is 28.1. The number of unbranched alkanes of at least 4 members (excludes halogenated alkanes) is 2. The van der Waals surface area contributed by atoms with Gasteiger partial charge in [-0.15, -0.1) is 0 Å². The van der Waals surface area contributed by atoms with Crippen molar-refractivity contribution in [3.63, 3.8) is 0 Å². The van der Waals surface area contributed by atoms with Crippen LogP contribution in [0.15, 0.2) is 48.5 Å². The fourth-order valence-corrected chi connectivity index (χ4v) is 4.17. The predicted molar refractivity (Wildman–Crippen MR) is 140 cm³/mol. The first kappa shape index (κ1) is 30.1. The lowest BCUT2D eigenvalue weighted by molar-refractivity contribution is -0.181. The maximum absolute atomic E-state index is 12.7. The number of aryl methyl sites for hydroxylation is 1.